The Morgan fingerprint density at radius 1 is 1.30 bits per heavy atom. The zero-order valence-corrected chi connectivity index (χ0v) is 11.6. The third-order valence-corrected chi connectivity index (χ3v) is 2.45. The molecule has 110 valence electrons. The fraction of sp³-hybridized carbons (Fsp3) is 0.500. The van der Waals surface area contributed by atoms with Crippen LogP contribution < -0.4 is 16.0 Å². The number of hydrogen-bond acceptors (Lipinski definition) is 6. The van der Waals surface area contributed by atoms with Crippen molar-refractivity contribution in [3.8, 4) is 0 Å². The van der Waals surface area contributed by atoms with Crippen LogP contribution >= 0.6 is 0 Å². The molecule has 1 rings (SSSR count). The predicted molar refractivity (Wildman–Crippen MR) is 76.8 cm³/mol. The zero-order valence-electron chi connectivity index (χ0n) is 11.6. The fourth-order valence-electron chi connectivity index (χ4n) is 1.59. The molecule has 1 amide bonds. The Labute approximate surface area is 117 Å². The number of pyridine rings is 1. The molecular weight excluding hydrogens is 262 g/mol. The Hall–Kier alpha value is -2.38. The maximum Gasteiger partial charge on any atom is 0.311 e. The topological polar surface area (TPSA) is 109 Å². The molecule has 20 heavy (non-hydrogen) atoms. The molecule has 3 N–H and O–H groups in total. The van der Waals surface area contributed by atoms with E-state index in [0.717, 1.165) is 0 Å². The molecule has 1 aromatic rings. The van der Waals surface area contributed by atoms with Crippen molar-refractivity contribution in [2.75, 3.05) is 30.3 Å². The summed E-state index contributed by atoms with van der Waals surface area (Å²) in [7, 11) is 0. The quantitative estimate of drug-likeness (QED) is 0.490. The van der Waals surface area contributed by atoms with E-state index in [1.165, 1.54) is 6.07 Å². The van der Waals surface area contributed by atoms with E-state index in [1.54, 1.807) is 6.07 Å². The van der Waals surface area contributed by atoms with Crippen LogP contribution in [0.1, 0.15) is 20.3 Å². The Balaban J connectivity index is 2.72. The number of hydrogen-bond donors (Lipinski definition) is 3. The molecule has 0 saturated carbocycles. The number of nitrogens with one attached hydrogen (secondary N) is 3. The van der Waals surface area contributed by atoms with Crippen LogP contribution in [-0.4, -0.2) is 35.4 Å². The number of anilines is 2. The number of carbonyl (C=O) groups is 1. The average Bonchev–Trinajstić information content (AvgIpc) is 2.39. The summed E-state index contributed by atoms with van der Waals surface area (Å²) in [6, 6.07) is 2.94. The molecule has 0 fully saturated rings. The molecule has 1 aromatic heterocycles. The Morgan fingerprint density at radius 3 is 2.65 bits per heavy atom. The van der Waals surface area contributed by atoms with Gasteiger partial charge >= 0.3 is 5.69 Å². The van der Waals surface area contributed by atoms with Crippen LogP contribution in [0.4, 0.5) is 17.3 Å². The van der Waals surface area contributed by atoms with Gasteiger partial charge in [-0.05, 0) is 19.9 Å². The SMILES string of the molecule is CCNC(=O)CCNc1nc(NCC)ccc1[N+](=O)[O-]. The summed E-state index contributed by atoms with van der Waals surface area (Å²) in [6.07, 6.45) is 0.234. The molecule has 0 atom stereocenters. The second-order valence-electron chi connectivity index (χ2n) is 3.98. The molecule has 0 saturated heterocycles. The van der Waals surface area contributed by atoms with Crippen LogP contribution in [-0.2, 0) is 4.79 Å². The molecule has 0 unspecified atom stereocenters. The minimum absolute atomic E-state index is 0.106. The molecule has 8 nitrogen and oxygen atoms in total. The second-order valence-corrected chi connectivity index (χ2v) is 3.98. The highest BCUT2D eigenvalue weighted by Gasteiger charge is 2.15. The number of nitro groups is 1. The van der Waals surface area contributed by atoms with Gasteiger partial charge in [0, 0.05) is 32.1 Å². The van der Waals surface area contributed by atoms with Gasteiger partial charge in [0.1, 0.15) is 5.82 Å². The maximum atomic E-state index is 11.3. The van der Waals surface area contributed by atoms with E-state index in [4.69, 9.17) is 0 Å². The van der Waals surface area contributed by atoms with Gasteiger partial charge in [-0.25, -0.2) is 4.98 Å². The van der Waals surface area contributed by atoms with Crippen LogP contribution in [0.25, 0.3) is 0 Å². The molecule has 1 heterocycles. The van der Waals surface area contributed by atoms with Crippen LogP contribution in [0, 0.1) is 10.1 Å². The fourth-order valence-corrected chi connectivity index (χ4v) is 1.59. The molecule has 8 heteroatoms. The van der Waals surface area contributed by atoms with Gasteiger partial charge in [0.25, 0.3) is 0 Å². The normalized spacial score (nSPS) is 9.90. The highest BCUT2D eigenvalue weighted by Crippen LogP contribution is 2.23. The monoisotopic (exact) mass is 281 g/mol. The first-order valence-corrected chi connectivity index (χ1v) is 6.48. The first-order chi connectivity index (χ1) is 9.58. The van der Waals surface area contributed by atoms with Gasteiger partial charge in [-0.1, -0.05) is 0 Å². The average molecular weight is 281 g/mol. The van der Waals surface area contributed by atoms with Crippen molar-refractivity contribution in [3.05, 3.63) is 22.2 Å². The number of amides is 1. The third kappa shape index (κ3) is 4.71. The smallest absolute Gasteiger partial charge is 0.311 e. The first-order valence-electron chi connectivity index (χ1n) is 6.48. The van der Waals surface area contributed by atoms with Crippen molar-refractivity contribution in [1.82, 2.24) is 10.3 Å². The summed E-state index contributed by atoms with van der Waals surface area (Å²) in [5.41, 5.74) is -0.109. The van der Waals surface area contributed by atoms with Crippen LogP contribution in [0.5, 0.6) is 0 Å². The van der Waals surface area contributed by atoms with E-state index >= 15 is 0 Å². The summed E-state index contributed by atoms with van der Waals surface area (Å²) in [6.45, 7) is 5.26. The molecule has 0 aliphatic carbocycles. The Kier molecular flexibility index (Phi) is 6.21. The standard InChI is InChI=1S/C12H19N5O3/c1-3-13-10-6-5-9(17(19)20)12(16-10)15-8-7-11(18)14-4-2/h5-6H,3-4,7-8H2,1-2H3,(H,14,18)(H2,13,15,16). The lowest BCUT2D eigenvalue weighted by Crippen LogP contribution is -2.25. The maximum absolute atomic E-state index is 11.3. The Bertz CT molecular complexity index is 478. The molecule has 0 bridgehead atoms. The zero-order chi connectivity index (χ0) is 15.0. The predicted octanol–water partition coefficient (Wildman–Crippen LogP) is 1.36. The molecular formula is C12H19N5O3. The van der Waals surface area contributed by atoms with E-state index in [1.807, 2.05) is 13.8 Å². The van der Waals surface area contributed by atoms with E-state index in [9.17, 15) is 14.9 Å². The number of nitrogens with zero attached hydrogens (tertiary/aromatic N) is 2. The first kappa shape index (κ1) is 15.7. The Morgan fingerprint density at radius 2 is 2.05 bits per heavy atom. The van der Waals surface area contributed by atoms with E-state index in [-0.39, 0.29) is 30.4 Å². The highest BCUT2D eigenvalue weighted by atomic mass is 16.6. The number of carbonyl (C=O) groups excluding carboxylic acids is 1. The van der Waals surface area contributed by atoms with E-state index in [0.29, 0.717) is 18.9 Å². The summed E-state index contributed by atoms with van der Waals surface area (Å²) in [5.74, 6) is 0.613. The van der Waals surface area contributed by atoms with Gasteiger partial charge in [-0.15, -0.1) is 0 Å². The molecule has 0 spiro atoms. The third-order valence-electron chi connectivity index (χ3n) is 2.45. The van der Waals surface area contributed by atoms with Gasteiger partial charge in [-0.2, -0.15) is 0 Å². The van der Waals surface area contributed by atoms with E-state index < -0.39 is 4.92 Å². The number of rotatable bonds is 8. The second kappa shape index (κ2) is 7.93. The van der Waals surface area contributed by atoms with Crippen LogP contribution in [0.15, 0.2) is 12.1 Å². The highest BCUT2D eigenvalue weighted by molar-refractivity contribution is 5.76. The minimum Gasteiger partial charge on any atom is -0.370 e. The van der Waals surface area contributed by atoms with Crippen LogP contribution in [0.3, 0.4) is 0 Å². The summed E-state index contributed by atoms with van der Waals surface area (Å²) < 4.78 is 0. The largest absolute Gasteiger partial charge is 0.370 e. The van der Waals surface area contributed by atoms with Gasteiger partial charge < -0.3 is 16.0 Å². The molecule has 0 radical (unpaired) electrons. The van der Waals surface area contributed by atoms with Crippen molar-refractivity contribution in [3.63, 3.8) is 0 Å². The van der Waals surface area contributed by atoms with Gasteiger partial charge in [0.2, 0.25) is 11.7 Å². The summed E-state index contributed by atoms with van der Waals surface area (Å²) in [4.78, 5) is 25.8. The van der Waals surface area contributed by atoms with Crippen molar-refractivity contribution >= 4 is 23.2 Å². The van der Waals surface area contributed by atoms with Crippen molar-refractivity contribution in [2.24, 2.45) is 0 Å². The molecule has 0 aliphatic heterocycles. The van der Waals surface area contributed by atoms with E-state index in [2.05, 4.69) is 20.9 Å². The van der Waals surface area contributed by atoms with Crippen molar-refractivity contribution < 1.29 is 9.72 Å². The lowest BCUT2D eigenvalue weighted by molar-refractivity contribution is -0.384. The summed E-state index contributed by atoms with van der Waals surface area (Å²) >= 11 is 0. The van der Waals surface area contributed by atoms with Gasteiger partial charge in [-0.3, -0.25) is 14.9 Å². The molecule has 0 aliphatic rings. The van der Waals surface area contributed by atoms with Crippen LogP contribution in [0.2, 0.25) is 0 Å². The minimum atomic E-state index is -0.503. The summed E-state index contributed by atoms with van der Waals surface area (Å²) in [5, 5.41) is 19.4. The van der Waals surface area contributed by atoms with Gasteiger partial charge in [0.15, 0.2) is 0 Å². The van der Waals surface area contributed by atoms with Crippen molar-refractivity contribution in [1.29, 1.82) is 0 Å². The van der Waals surface area contributed by atoms with Crippen molar-refractivity contribution in [2.45, 2.75) is 20.3 Å². The lowest BCUT2D eigenvalue weighted by atomic mass is 10.3. The lowest BCUT2D eigenvalue weighted by Gasteiger charge is -2.08. The molecule has 0 aromatic carbocycles. The van der Waals surface area contributed by atoms with Gasteiger partial charge in [0.05, 0.1) is 4.92 Å². The number of aromatic nitrogens is 1.